The van der Waals surface area contributed by atoms with Gasteiger partial charge in [-0.15, -0.1) is 11.6 Å². The predicted molar refractivity (Wildman–Crippen MR) is 74.8 cm³/mol. The van der Waals surface area contributed by atoms with Crippen LogP contribution in [0.5, 0.6) is 0 Å². The zero-order valence-electron chi connectivity index (χ0n) is 10.6. The molecule has 0 aromatic heterocycles. The lowest BCUT2D eigenvalue weighted by atomic mass is 9.90. The minimum atomic E-state index is 0.311. The standard InChI is InChI=1S/C15H22ClN/c1-2-3-9-17-11-14(10-15(16)12-17)13-7-5-4-6-8-13/h4-8,14-15H,2-3,9-12H2,1H3/t14-,15+/m0/s1. The molecule has 1 nitrogen and oxygen atoms in total. The van der Waals surface area contributed by atoms with Crippen LogP contribution < -0.4 is 0 Å². The number of benzene rings is 1. The van der Waals surface area contributed by atoms with Gasteiger partial charge in [-0.25, -0.2) is 0 Å². The quantitative estimate of drug-likeness (QED) is 0.734. The highest BCUT2D eigenvalue weighted by Gasteiger charge is 2.26. The number of piperidine rings is 1. The third kappa shape index (κ3) is 3.72. The van der Waals surface area contributed by atoms with E-state index >= 15 is 0 Å². The molecule has 0 radical (unpaired) electrons. The Labute approximate surface area is 110 Å². The molecular formula is C15H22ClN. The normalized spacial score (nSPS) is 26.0. The van der Waals surface area contributed by atoms with E-state index in [1.54, 1.807) is 0 Å². The first kappa shape index (κ1) is 12.9. The molecule has 1 fully saturated rings. The molecule has 0 bridgehead atoms. The molecule has 0 aliphatic carbocycles. The minimum absolute atomic E-state index is 0.311. The van der Waals surface area contributed by atoms with Gasteiger partial charge in [0.05, 0.1) is 0 Å². The summed E-state index contributed by atoms with van der Waals surface area (Å²) in [6, 6.07) is 10.8. The van der Waals surface area contributed by atoms with Crippen molar-refractivity contribution in [1.29, 1.82) is 0 Å². The Morgan fingerprint density at radius 2 is 2.00 bits per heavy atom. The van der Waals surface area contributed by atoms with Gasteiger partial charge in [0.25, 0.3) is 0 Å². The second-order valence-electron chi connectivity index (χ2n) is 5.05. The number of alkyl halides is 1. The molecule has 1 aliphatic rings. The molecule has 0 N–H and O–H groups in total. The molecule has 1 aromatic rings. The maximum absolute atomic E-state index is 6.39. The van der Waals surface area contributed by atoms with Gasteiger partial charge in [0, 0.05) is 18.5 Å². The van der Waals surface area contributed by atoms with Gasteiger partial charge in [0.2, 0.25) is 0 Å². The molecular weight excluding hydrogens is 230 g/mol. The van der Waals surface area contributed by atoms with E-state index in [0.29, 0.717) is 11.3 Å². The van der Waals surface area contributed by atoms with Gasteiger partial charge in [-0.2, -0.15) is 0 Å². The van der Waals surface area contributed by atoms with Crippen LogP contribution in [0, 0.1) is 0 Å². The summed E-state index contributed by atoms with van der Waals surface area (Å²) in [6.07, 6.45) is 3.67. The van der Waals surface area contributed by atoms with Crippen LogP contribution in [-0.2, 0) is 0 Å². The van der Waals surface area contributed by atoms with Crippen LogP contribution >= 0.6 is 11.6 Å². The van der Waals surface area contributed by atoms with Crippen LogP contribution in [0.3, 0.4) is 0 Å². The van der Waals surface area contributed by atoms with Crippen LogP contribution in [0.4, 0.5) is 0 Å². The van der Waals surface area contributed by atoms with Crippen LogP contribution in [0.1, 0.15) is 37.7 Å². The summed E-state index contributed by atoms with van der Waals surface area (Å²) < 4.78 is 0. The molecule has 0 spiro atoms. The summed E-state index contributed by atoms with van der Waals surface area (Å²) in [5.41, 5.74) is 1.44. The minimum Gasteiger partial charge on any atom is -0.301 e. The molecule has 1 saturated heterocycles. The molecule has 2 heteroatoms. The lowest BCUT2D eigenvalue weighted by Crippen LogP contribution is -2.40. The Morgan fingerprint density at radius 1 is 1.24 bits per heavy atom. The van der Waals surface area contributed by atoms with Gasteiger partial charge in [-0.05, 0) is 30.9 Å². The first-order valence-corrected chi connectivity index (χ1v) is 7.14. The first-order valence-electron chi connectivity index (χ1n) is 6.71. The maximum atomic E-state index is 6.39. The van der Waals surface area contributed by atoms with Crippen LogP contribution in [0.25, 0.3) is 0 Å². The van der Waals surface area contributed by atoms with Crippen molar-refractivity contribution in [1.82, 2.24) is 4.90 Å². The van der Waals surface area contributed by atoms with E-state index in [0.717, 1.165) is 13.0 Å². The largest absolute Gasteiger partial charge is 0.301 e. The van der Waals surface area contributed by atoms with Gasteiger partial charge in [0.1, 0.15) is 0 Å². The van der Waals surface area contributed by atoms with Crippen molar-refractivity contribution in [2.75, 3.05) is 19.6 Å². The Balaban J connectivity index is 1.98. The van der Waals surface area contributed by atoms with Crippen molar-refractivity contribution in [3.8, 4) is 0 Å². The van der Waals surface area contributed by atoms with E-state index < -0.39 is 0 Å². The highest BCUT2D eigenvalue weighted by atomic mass is 35.5. The molecule has 1 heterocycles. The highest BCUT2D eigenvalue weighted by Crippen LogP contribution is 2.29. The Bertz CT molecular complexity index is 325. The van der Waals surface area contributed by atoms with E-state index in [9.17, 15) is 0 Å². The van der Waals surface area contributed by atoms with Crippen molar-refractivity contribution in [3.05, 3.63) is 35.9 Å². The van der Waals surface area contributed by atoms with E-state index in [1.165, 1.54) is 31.5 Å². The first-order chi connectivity index (χ1) is 8.29. The highest BCUT2D eigenvalue weighted by molar-refractivity contribution is 6.20. The molecule has 0 unspecified atom stereocenters. The molecule has 2 rings (SSSR count). The summed E-state index contributed by atoms with van der Waals surface area (Å²) >= 11 is 6.39. The number of hydrogen-bond donors (Lipinski definition) is 0. The maximum Gasteiger partial charge on any atom is 0.0469 e. The van der Waals surface area contributed by atoms with E-state index in [1.807, 2.05) is 0 Å². The monoisotopic (exact) mass is 251 g/mol. The number of unbranched alkanes of at least 4 members (excludes halogenated alkanes) is 1. The van der Waals surface area contributed by atoms with Crippen molar-refractivity contribution in [2.24, 2.45) is 0 Å². The summed E-state index contributed by atoms with van der Waals surface area (Å²) in [7, 11) is 0. The van der Waals surface area contributed by atoms with Gasteiger partial charge < -0.3 is 4.90 Å². The molecule has 1 aliphatic heterocycles. The Morgan fingerprint density at radius 3 is 2.71 bits per heavy atom. The second-order valence-corrected chi connectivity index (χ2v) is 5.67. The van der Waals surface area contributed by atoms with Crippen LogP contribution in [-0.4, -0.2) is 29.9 Å². The Kier molecular flexibility index (Phi) is 4.87. The van der Waals surface area contributed by atoms with E-state index in [4.69, 9.17) is 11.6 Å². The molecule has 1 aromatic carbocycles. The summed E-state index contributed by atoms with van der Waals surface area (Å²) in [4.78, 5) is 2.53. The number of likely N-dealkylation sites (tertiary alicyclic amines) is 1. The SMILES string of the molecule is CCCCN1C[C@H](Cl)C[C@H](c2ccccc2)C1. The molecule has 17 heavy (non-hydrogen) atoms. The molecule has 0 amide bonds. The van der Waals surface area contributed by atoms with Gasteiger partial charge in [-0.3, -0.25) is 0 Å². The van der Waals surface area contributed by atoms with Gasteiger partial charge >= 0.3 is 0 Å². The molecule has 94 valence electrons. The average molecular weight is 252 g/mol. The fourth-order valence-electron chi connectivity index (χ4n) is 2.66. The third-order valence-corrected chi connectivity index (χ3v) is 3.89. The lowest BCUT2D eigenvalue weighted by molar-refractivity contribution is 0.208. The van der Waals surface area contributed by atoms with Crippen LogP contribution in [0.2, 0.25) is 0 Å². The average Bonchev–Trinajstić information content (AvgIpc) is 2.37. The van der Waals surface area contributed by atoms with Gasteiger partial charge in [-0.1, -0.05) is 43.7 Å². The smallest absolute Gasteiger partial charge is 0.0469 e. The predicted octanol–water partition coefficient (Wildman–Crippen LogP) is 3.88. The number of hydrogen-bond acceptors (Lipinski definition) is 1. The third-order valence-electron chi connectivity index (χ3n) is 3.57. The van der Waals surface area contributed by atoms with Gasteiger partial charge in [0.15, 0.2) is 0 Å². The molecule has 0 saturated carbocycles. The van der Waals surface area contributed by atoms with Crippen molar-refractivity contribution < 1.29 is 0 Å². The number of nitrogens with zero attached hydrogens (tertiary/aromatic N) is 1. The molecule has 2 atom stereocenters. The summed E-state index contributed by atoms with van der Waals surface area (Å²) in [6.45, 7) is 5.68. The van der Waals surface area contributed by atoms with Crippen molar-refractivity contribution >= 4 is 11.6 Å². The van der Waals surface area contributed by atoms with Crippen molar-refractivity contribution in [2.45, 2.75) is 37.5 Å². The topological polar surface area (TPSA) is 3.24 Å². The van der Waals surface area contributed by atoms with Crippen molar-refractivity contribution in [3.63, 3.8) is 0 Å². The second kappa shape index (κ2) is 6.42. The van der Waals surface area contributed by atoms with Crippen LogP contribution in [0.15, 0.2) is 30.3 Å². The van der Waals surface area contributed by atoms with E-state index in [2.05, 4.69) is 42.2 Å². The Hall–Kier alpha value is -0.530. The fraction of sp³-hybridized carbons (Fsp3) is 0.600. The number of rotatable bonds is 4. The zero-order chi connectivity index (χ0) is 12.1. The van der Waals surface area contributed by atoms with E-state index in [-0.39, 0.29) is 0 Å². The zero-order valence-corrected chi connectivity index (χ0v) is 11.4. The number of halogens is 1. The summed E-state index contributed by atoms with van der Waals surface area (Å²) in [5, 5.41) is 0.311. The lowest BCUT2D eigenvalue weighted by Gasteiger charge is -2.35. The fourth-order valence-corrected chi connectivity index (χ4v) is 3.07. The summed E-state index contributed by atoms with van der Waals surface area (Å²) in [5.74, 6) is 0.615.